The minimum atomic E-state index is -0.385. The zero-order valence-corrected chi connectivity index (χ0v) is 10.2. The number of rotatable bonds is 2. The van der Waals surface area contributed by atoms with E-state index < -0.39 is 0 Å². The van der Waals surface area contributed by atoms with Crippen molar-refractivity contribution >= 4 is 34.8 Å². The lowest BCUT2D eigenvalue weighted by molar-refractivity contribution is 0.102. The van der Waals surface area contributed by atoms with E-state index in [1.807, 2.05) is 18.2 Å². The van der Waals surface area contributed by atoms with Gasteiger partial charge in [-0.05, 0) is 24.3 Å². The molecule has 17 heavy (non-hydrogen) atoms. The average Bonchev–Trinajstić information content (AvgIpc) is 2.33. The Kier molecular flexibility index (Phi) is 3.61. The Labute approximate surface area is 108 Å². The molecule has 0 aliphatic carbocycles. The summed E-state index contributed by atoms with van der Waals surface area (Å²) in [6.07, 6.45) is 0. The maximum absolute atomic E-state index is 11.9. The number of benzene rings is 1. The van der Waals surface area contributed by atoms with Crippen LogP contribution in [0.5, 0.6) is 0 Å². The highest BCUT2D eigenvalue weighted by Gasteiger charge is 2.12. The number of hydrogen-bond acceptors (Lipinski definition) is 2. The lowest BCUT2D eigenvalue weighted by Gasteiger charge is -2.05. The van der Waals surface area contributed by atoms with Gasteiger partial charge in [0.25, 0.3) is 5.91 Å². The third kappa shape index (κ3) is 2.96. The highest BCUT2D eigenvalue weighted by atomic mass is 35.5. The van der Waals surface area contributed by atoms with Crippen molar-refractivity contribution in [2.45, 2.75) is 0 Å². The monoisotopic (exact) mass is 266 g/mol. The molecule has 3 nitrogen and oxygen atoms in total. The number of carbonyl (C=O) groups excluding carboxylic acids is 1. The van der Waals surface area contributed by atoms with Crippen LogP contribution in [0.1, 0.15) is 10.5 Å². The highest BCUT2D eigenvalue weighted by Crippen LogP contribution is 2.18. The van der Waals surface area contributed by atoms with Crippen LogP contribution in [0.15, 0.2) is 42.5 Å². The number of nitrogens with one attached hydrogen (secondary N) is 1. The van der Waals surface area contributed by atoms with E-state index in [1.165, 1.54) is 12.1 Å². The Bertz CT molecular complexity index is 543. The van der Waals surface area contributed by atoms with Crippen molar-refractivity contribution in [3.05, 3.63) is 58.3 Å². The molecule has 0 aliphatic rings. The van der Waals surface area contributed by atoms with E-state index in [-0.39, 0.29) is 21.8 Å². The molecule has 0 spiro atoms. The maximum atomic E-state index is 11.9. The first kappa shape index (κ1) is 11.9. The molecule has 5 heteroatoms. The molecule has 0 saturated heterocycles. The molecule has 1 N–H and O–H groups in total. The summed E-state index contributed by atoms with van der Waals surface area (Å²) in [5, 5.41) is 3.18. The molecule has 2 aromatic rings. The quantitative estimate of drug-likeness (QED) is 0.844. The number of anilines is 1. The van der Waals surface area contributed by atoms with Gasteiger partial charge in [-0.25, -0.2) is 4.98 Å². The first-order valence-electron chi connectivity index (χ1n) is 4.85. The van der Waals surface area contributed by atoms with Crippen molar-refractivity contribution in [1.29, 1.82) is 0 Å². The van der Waals surface area contributed by atoms with E-state index in [0.29, 0.717) is 5.69 Å². The van der Waals surface area contributed by atoms with E-state index in [4.69, 9.17) is 23.2 Å². The van der Waals surface area contributed by atoms with Crippen molar-refractivity contribution < 1.29 is 4.79 Å². The molecule has 1 aromatic heterocycles. The van der Waals surface area contributed by atoms with Crippen LogP contribution < -0.4 is 5.32 Å². The number of nitrogens with zero attached hydrogens (tertiary/aromatic N) is 1. The fourth-order valence-electron chi connectivity index (χ4n) is 1.29. The summed E-state index contributed by atoms with van der Waals surface area (Å²) in [5.74, 6) is -0.385. The van der Waals surface area contributed by atoms with Gasteiger partial charge in [0.15, 0.2) is 0 Å². The summed E-state index contributed by atoms with van der Waals surface area (Å²) in [7, 11) is 0. The van der Waals surface area contributed by atoms with Crippen molar-refractivity contribution in [3.8, 4) is 0 Å². The molecule has 86 valence electrons. The Morgan fingerprint density at radius 2 is 1.76 bits per heavy atom. The number of hydrogen-bond donors (Lipinski definition) is 1. The maximum Gasteiger partial charge on any atom is 0.275 e. The first-order valence-corrected chi connectivity index (χ1v) is 5.61. The largest absolute Gasteiger partial charge is 0.321 e. The minimum Gasteiger partial charge on any atom is -0.321 e. The van der Waals surface area contributed by atoms with Gasteiger partial charge in [0.1, 0.15) is 10.8 Å². The average molecular weight is 267 g/mol. The molecule has 0 fully saturated rings. The number of halogens is 2. The predicted molar refractivity (Wildman–Crippen MR) is 68.7 cm³/mol. The molecule has 2 rings (SSSR count). The van der Waals surface area contributed by atoms with Gasteiger partial charge >= 0.3 is 0 Å². The van der Waals surface area contributed by atoms with Crippen LogP contribution in [0.25, 0.3) is 0 Å². The summed E-state index contributed by atoms with van der Waals surface area (Å²) in [6, 6.07) is 12.1. The first-order chi connectivity index (χ1) is 8.16. The summed E-state index contributed by atoms with van der Waals surface area (Å²) in [5.41, 5.74) is 0.790. The van der Waals surface area contributed by atoms with Gasteiger partial charge < -0.3 is 5.32 Å². The smallest absolute Gasteiger partial charge is 0.275 e. The number of carbonyl (C=O) groups is 1. The van der Waals surface area contributed by atoms with Gasteiger partial charge in [-0.2, -0.15) is 0 Å². The normalized spacial score (nSPS) is 10.0. The number of pyridine rings is 1. The molecule has 0 bridgehead atoms. The van der Waals surface area contributed by atoms with Crippen LogP contribution in [-0.4, -0.2) is 10.9 Å². The molecule has 0 saturated carbocycles. The Morgan fingerprint density at radius 3 is 2.47 bits per heavy atom. The summed E-state index contributed by atoms with van der Waals surface area (Å²) >= 11 is 11.6. The zero-order chi connectivity index (χ0) is 12.3. The van der Waals surface area contributed by atoms with Crippen LogP contribution >= 0.6 is 23.2 Å². The lowest BCUT2D eigenvalue weighted by atomic mass is 10.3. The van der Waals surface area contributed by atoms with E-state index >= 15 is 0 Å². The van der Waals surface area contributed by atoms with Gasteiger partial charge in [0.2, 0.25) is 0 Å². The molecule has 1 aromatic carbocycles. The van der Waals surface area contributed by atoms with Gasteiger partial charge in [0, 0.05) is 5.69 Å². The van der Waals surface area contributed by atoms with Crippen molar-refractivity contribution in [2.24, 2.45) is 0 Å². The van der Waals surface area contributed by atoms with Gasteiger partial charge in [0.05, 0.1) is 5.02 Å². The van der Waals surface area contributed by atoms with E-state index in [0.717, 1.165) is 0 Å². The second kappa shape index (κ2) is 5.17. The second-order valence-electron chi connectivity index (χ2n) is 3.28. The minimum absolute atomic E-state index is 0.114. The number of amides is 1. The Morgan fingerprint density at radius 1 is 1.06 bits per heavy atom. The summed E-state index contributed by atoms with van der Waals surface area (Å²) in [6.45, 7) is 0. The second-order valence-corrected chi connectivity index (χ2v) is 4.08. The van der Waals surface area contributed by atoms with Crippen LogP contribution in [0.3, 0.4) is 0 Å². The molecule has 0 atom stereocenters. The molecular formula is C12H8Cl2N2O. The van der Waals surface area contributed by atoms with E-state index in [9.17, 15) is 4.79 Å². The van der Waals surface area contributed by atoms with E-state index in [2.05, 4.69) is 10.3 Å². The van der Waals surface area contributed by atoms with Crippen LogP contribution in [0.2, 0.25) is 10.2 Å². The van der Waals surface area contributed by atoms with Gasteiger partial charge in [-0.15, -0.1) is 0 Å². The van der Waals surface area contributed by atoms with Crippen molar-refractivity contribution in [3.63, 3.8) is 0 Å². The Hall–Kier alpha value is -1.58. The third-order valence-corrected chi connectivity index (χ3v) is 2.57. The molecule has 1 heterocycles. The molecule has 0 aliphatic heterocycles. The van der Waals surface area contributed by atoms with Crippen LogP contribution in [0.4, 0.5) is 5.69 Å². The number of aromatic nitrogens is 1. The molecular weight excluding hydrogens is 259 g/mol. The zero-order valence-electron chi connectivity index (χ0n) is 8.65. The topological polar surface area (TPSA) is 42.0 Å². The van der Waals surface area contributed by atoms with Crippen molar-refractivity contribution in [1.82, 2.24) is 4.98 Å². The fraction of sp³-hybridized carbons (Fsp3) is 0. The van der Waals surface area contributed by atoms with Crippen LogP contribution in [0, 0.1) is 0 Å². The Balaban J connectivity index is 2.23. The van der Waals surface area contributed by atoms with Gasteiger partial charge in [-0.3, -0.25) is 4.79 Å². The van der Waals surface area contributed by atoms with E-state index in [1.54, 1.807) is 12.1 Å². The standard InChI is InChI=1S/C12H8Cl2N2O/c13-9-6-7-10(14)16-11(9)12(17)15-8-4-2-1-3-5-8/h1-7H,(H,15,17). The predicted octanol–water partition coefficient (Wildman–Crippen LogP) is 3.64. The molecule has 0 radical (unpaired) electrons. The molecule has 1 amide bonds. The highest BCUT2D eigenvalue weighted by molar-refractivity contribution is 6.35. The van der Waals surface area contributed by atoms with Crippen molar-refractivity contribution in [2.75, 3.05) is 5.32 Å². The summed E-state index contributed by atoms with van der Waals surface area (Å²) < 4.78 is 0. The molecule has 0 unspecified atom stereocenters. The van der Waals surface area contributed by atoms with Gasteiger partial charge in [-0.1, -0.05) is 41.4 Å². The van der Waals surface area contributed by atoms with Crippen LogP contribution in [-0.2, 0) is 0 Å². The third-order valence-electron chi connectivity index (χ3n) is 2.06. The summed E-state index contributed by atoms with van der Waals surface area (Å²) in [4.78, 5) is 15.8. The fourth-order valence-corrected chi connectivity index (χ4v) is 1.63. The lowest BCUT2D eigenvalue weighted by Crippen LogP contribution is -2.14. The SMILES string of the molecule is O=C(Nc1ccccc1)c1nc(Cl)ccc1Cl. The number of para-hydroxylation sites is 1.